The zero-order valence-electron chi connectivity index (χ0n) is 15.3. The van der Waals surface area contributed by atoms with Crippen LogP contribution in [0.1, 0.15) is 24.8 Å². The van der Waals surface area contributed by atoms with E-state index in [9.17, 15) is 0 Å². The van der Waals surface area contributed by atoms with Crippen molar-refractivity contribution in [3.8, 4) is 11.6 Å². The van der Waals surface area contributed by atoms with Gasteiger partial charge in [-0.05, 0) is 64.9 Å². The van der Waals surface area contributed by atoms with Gasteiger partial charge in [-0.15, -0.1) is 5.10 Å². The van der Waals surface area contributed by atoms with Crippen LogP contribution in [0.15, 0.2) is 65.3 Å². The molecule has 5 nitrogen and oxygen atoms in total. The van der Waals surface area contributed by atoms with E-state index in [2.05, 4.69) is 61.6 Å². The van der Waals surface area contributed by atoms with Crippen LogP contribution in [-0.2, 0) is 6.54 Å². The highest BCUT2D eigenvalue weighted by Gasteiger charge is 2.24. The van der Waals surface area contributed by atoms with Gasteiger partial charge in [0.05, 0.1) is 9.99 Å². The van der Waals surface area contributed by atoms with Crippen LogP contribution in [0, 0.1) is 5.92 Å². The summed E-state index contributed by atoms with van der Waals surface area (Å²) < 4.78 is 8.79. The topological polar surface area (TPSA) is 52.8 Å². The summed E-state index contributed by atoms with van der Waals surface area (Å²) >= 11 is 3.63. The molecule has 0 bridgehead atoms. The Balaban J connectivity index is 1.38. The second kappa shape index (κ2) is 7.36. The van der Waals surface area contributed by atoms with Gasteiger partial charge in [0, 0.05) is 24.4 Å². The number of halogens is 1. The van der Waals surface area contributed by atoms with E-state index in [1.165, 1.54) is 12.8 Å². The second-order valence-corrected chi connectivity index (χ2v) is 7.93. The fourth-order valence-electron chi connectivity index (χ4n) is 3.24. The third-order valence-corrected chi connectivity index (χ3v) is 5.75. The average Bonchev–Trinajstić information content (AvgIpc) is 3.49. The van der Waals surface area contributed by atoms with Crippen LogP contribution in [-0.4, -0.2) is 20.0 Å². The van der Waals surface area contributed by atoms with Crippen molar-refractivity contribution in [3.05, 3.63) is 70.9 Å². The van der Waals surface area contributed by atoms with Crippen LogP contribution in [0.2, 0.25) is 0 Å². The fraction of sp³-hybridized carbons (Fsp3) is 0.227. The molecule has 1 saturated carbocycles. The van der Waals surface area contributed by atoms with Crippen molar-refractivity contribution in [3.63, 3.8) is 0 Å². The molecule has 3 aromatic rings. The molecular weight excluding hydrogens is 416 g/mol. The maximum absolute atomic E-state index is 6.00. The lowest BCUT2D eigenvalue weighted by atomic mass is 10.1. The molecule has 0 saturated heterocycles. The van der Waals surface area contributed by atoms with Crippen LogP contribution in [0.4, 0.5) is 0 Å². The van der Waals surface area contributed by atoms with Gasteiger partial charge in [0.25, 0.3) is 0 Å². The van der Waals surface area contributed by atoms with E-state index in [0.717, 1.165) is 45.5 Å². The van der Waals surface area contributed by atoms with Gasteiger partial charge in [0.2, 0.25) is 5.88 Å². The van der Waals surface area contributed by atoms with Crippen LogP contribution in [0.5, 0.6) is 11.6 Å². The number of hydrogen-bond donors (Lipinski definition) is 0. The van der Waals surface area contributed by atoms with Crippen molar-refractivity contribution in [2.24, 2.45) is 5.92 Å². The summed E-state index contributed by atoms with van der Waals surface area (Å²) in [6.45, 7) is 0.936. The molecule has 28 heavy (non-hydrogen) atoms. The van der Waals surface area contributed by atoms with Gasteiger partial charge >= 0.3 is 0 Å². The molecule has 2 aliphatic carbocycles. The van der Waals surface area contributed by atoms with Crippen LogP contribution in [0.3, 0.4) is 0 Å². The fourth-order valence-corrected chi connectivity index (χ4v) is 3.74. The smallest absolute Gasteiger partial charge is 0.219 e. The Labute approximate surface area is 171 Å². The third-order valence-electron chi connectivity index (χ3n) is 4.98. The van der Waals surface area contributed by atoms with Crippen molar-refractivity contribution in [1.29, 1.82) is 0 Å². The first-order valence-electron chi connectivity index (χ1n) is 9.47. The molecule has 0 N–H and O–H groups in total. The van der Waals surface area contributed by atoms with Gasteiger partial charge in [0.1, 0.15) is 11.3 Å². The molecule has 0 unspecified atom stereocenters. The summed E-state index contributed by atoms with van der Waals surface area (Å²) in [5.74, 6) is 1.97. The SMILES string of the molecule is Brc1c(Oc2ccc(C3=CC=CCC=C3)cn2)ccc2c1nnn2CC1CC1. The van der Waals surface area contributed by atoms with E-state index in [-0.39, 0.29) is 0 Å². The first-order chi connectivity index (χ1) is 13.8. The molecule has 0 radical (unpaired) electrons. The van der Waals surface area contributed by atoms with Gasteiger partial charge in [-0.25, -0.2) is 9.67 Å². The summed E-state index contributed by atoms with van der Waals surface area (Å²) in [6, 6.07) is 7.87. The lowest BCUT2D eigenvalue weighted by Crippen LogP contribution is -2.01. The van der Waals surface area contributed by atoms with E-state index in [0.29, 0.717) is 11.6 Å². The number of benzene rings is 1. The molecule has 1 fully saturated rings. The number of ether oxygens (including phenoxy) is 1. The zero-order valence-corrected chi connectivity index (χ0v) is 16.8. The summed E-state index contributed by atoms with van der Waals surface area (Å²) in [4.78, 5) is 4.47. The summed E-state index contributed by atoms with van der Waals surface area (Å²) in [5.41, 5.74) is 4.04. The Hall–Kier alpha value is -2.73. The second-order valence-electron chi connectivity index (χ2n) is 7.14. The predicted octanol–water partition coefficient (Wildman–Crippen LogP) is 5.69. The number of allylic oxidation sites excluding steroid dienone is 6. The van der Waals surface area contributed by atoms with E-state index in [4.69, 9.17) is 4.74 Å². The first-order valence-corrected chi connectivity index (χ1v) is 10.3. The Bertz CT molecular complexity index is 1110. The van der Waals surface area contributed by atoms with Crippen molar-refractivity contribution in [2.75, 3.05) is 0 Å². The van der Waals surface area contributed by atoms with E-state index in [1.807, 2.05) is 35.1 Å². The minimum absolute atomic E-state index is 0.544. The Morgan fingerprint density at radius 2 is 2.07 bits per heavy atom. The molecule has 0 atom stereocenters. The van der Waals surface area contributed by atoms with Crippen molar-refractivity contribution in [1.82, 2.24) is 20.0 Å². The number of aromatic nitrogens is 4. The largest absolute Gasteiger partial charge is 0.438 e. The standard InChI is InChI=1S/C22H19BrN4O/c23-21-19(11-10-18-22(21)25-26-27(18)14-15-7-8-15)28-20-12-9-17(13-24-20)16-5-3-1-2-4-6-16/h1,3-6,9-13,15H,2,7-8,14H2. The Morgan fingerprint density at radius 1 is 1.14 bits per heavy atom. The Morgan fingerprint density at radius 3 is 2.89 bits per heavy atom. The van der Waals surface area contributed by atoms with Gasteiger partial charge in [-0.3, -0.25) is 0 Å². The highest BCUT2D eigenvalue weighted by molar-refractivity contribution is 9.10. The maximum atomic E-state index is 6.00. The number of pyridine rings is 1. The normalized spacial score (nSPS) is 16.2. The van der Waals surface area contributed by atoms with Gasteiger partial charge in [-0.2, -0.15) is 0 Å². The van der Waals surface area contributed by atoms with Crippen molar-refractivity contribution >= 4 is 32.5 Å². The molecule has 2 aromatic heterocycles. The van der Waals surface area contributed by atoms with E-state index in [1.54, 1.807) is 0 Å². The minimum Gasteiger partial charge on any atom is -0.438 e. The van der Waals surface area contributed by atoms with Crippen molar-refractivity contribution in [2.45, 2.75) is 25.8 Å². The van der Waals surface area contributed by atoms with Gasteiger partial charge < -0.3 is 4.74 Å². The van der Waals surface area contributed by atoms with Crippen LogP contribution >= 0.6 is 15.9 Å². The Kier molecular flexibility index (Phi) is 4.56. The summed E-state index contributed by atoms with van der Waals surface area (Å²) in [5, 5.41) is 8.63. The summed E-state index contributed by atoms with van der Waals surface area (Å²) in [6.07, 6.45) is 15.9. The third kappa shape index (κ3) is 3.52. The monoisotopic (exact) mass is 434 g/mol. The quantitative estimate of drug-likeness (QED) is 0.517. The number of fused-ring (bicyclic) bond motifs is 1. The molecular formula is C22H19BrN4O. The maximum Gasteiger partial charge on any atom is 0.219 e. The molecule has 2 heterocycles. The highest BCUT2D eigenvalue weighted by atomic mass is 79.9. The number of nitrogens with zero attached hydrogens (tertiary/aromatic N) is 4. The lowest BCUT2D eigenvalue weighted by Gasteiger charge is -2.08. The molecule has 6 heteroatoms. The minimum atomic E-state index is 0.544. The molecule has 0 aliphatic heterocycles. The molecule has 0 spiro atoms. The number of rotatable bonds is 5. The molecule has 0 amide bonds. The predicted molar refractivity (Wildman–Crippen MR) is 113 cm³/mol. The number of hydrogen-bond acceptors (Lipinski definition) is 4. The van der Waals surface area contributed by atoms with Gasteiger partial charge in [0.15, 0.2) is 0 Å². The highest BCUT2D eigenvalue weighted by Crippen LogP contribution is 2.36. The summed E-state index contributed by atoms with van der Waals surface area (Å²) in [7, 11) is 0. The average molecular weight is 435 g/mol. The molecule has 1 aromatic carbocycles. The first kappa shape index (κ1) is 17.4. The zero-order chi connectivity index (χ0) is 18.9. The van der Waals surface area contributed by atoms with Crippen LogP contribution < -0.4 is 4.74 Å². The molecule has 140 valence electrons. The molecule has 2 aliphatic rings. The van der Waals surface area contributed by atoms with Crippen molar-refractivity contribution < 1.29 is 4.74 Å². The van der Waals surface area contributed by atoms with E-state index < -0.39 is 0 Å². The lowest BCUT2D eigenvalue weighted by molar-refractivity contribution is 0.461. The van der Waals surface area contributed by atoms with Crippen LogP contribution in [0.25, 0.3) is 16.6 Å². The molecule has 5 rings (SSSR count). The van der Waals surface area contributed by atoms with Gasteiger partial charge in [-0.1, -0.05) is 35.6 Å². The van der Waals surface area contributed by atoms with E-state index >= 15 is 0 Å².